The summed E-state index contributed by atoms with van der Waals surface area (Å²) in [5.41, 5.74) is 3.43. The maximum absolute atomic E-state index is 13.2. The molecule has 0 saturated carbocycles. The molecule has 2 rings (SSSR count). The number of phenols is 1. The van der Waals surface area contributed by atoms with E-state index < -0.39 is 17.6 Å². The molecule has 33 heavy (non-hydrogen) atoms. The van der Waals surface area contributed by atoms with Crippen LogP contribution in [0, 0.1) is 5.82 Å². The molecule has 9 heteroatoms. The average molecular weight is 458 g/mol. The second kappa shape index (κ2) is 11.9. The minimum Gasteiger partial charge on any atom is -0.505 e. The molecule has 2 aromatic carbocycles. The number of hydrogen-bond donors (Lipinski definition) is 3. The topological polar surface area (TPSA) is 89.4 Å². The first-order valence-electron chi connectivity index (χ1n) is 10.5. The highest BCUT2D eigenvalue weighted by Gasteiger charge is 2.17. The second-order valence-electron chi connectivity index (χ2n) is 7.85. The summed E-state index contributed by atoms with van der Waals surface area (Å²) < 4.78 is 19.3. The number of halogens is 1. The number of nitrogens with zero attached hydrogens (tertiary/aromatic N) is 3. The third-order valence-corrected chi connectivity index (χ3v) is 4.58. The van der Waals surface area contributed by atoms with E-state index in [0.717, 1.165) is 35.5 Å². The molecule has 0 atom stereocenters. The van der Waals surface area contributed by atoms with E-state index in [1.807, 2.05) is 52.9 Å². The fraction of sp³-hybridized carbons (Fsp3) is 0.333. The number of phenolic OH excluding ortho intramolecular Hbond substituents is 1. The predicted octanol–water partition coefficient (Wildman–Crippen LogP) is 4.80. The van der Waals surface area contributed by atoms with Crippen LogP contribution in [0.15, 0.2) is 47.1 Å². The minimum atomic E-state index is -0.761. The van der Waals surface area contributed by atoms with E-state index in [4.69, 9.17) is 4.74 Å². The summed E-state index contributed by atoms with van der Waals surface area (Å²) in [6.07, 6.45) is 1.70. The molecule has 0 fully saturated rings. The predicted molar refractivity (Wildman–Crippen MR) is 131 cm³/mol. The highest BCUT2D eigenvalue weighted by molar-refractivity contribution is 6.00. The van der Waals surface area contributed by atoms with Crippen molar-refractivity contribution in [3.63, 3.8) is 0 Å². The molecule has 2 aromatic rings. The van der Waals surface area contributed by atoms with Gasteiger partial charge in [0.05, 0.1) is 5.70 Å². The third kappa shape index (κ3) is 7.50. The number of carbonyl (C=O) groups is 1. The van der Waals surface area contributed by atoms with Crippen LogP contribution in [0.3, 0.4) is 0 Å². The summed E-state index contributed by atoms with van der Waals surface area (Å²) in [5.74, 6) is -0.633. The van der Waals surface area contributed by atoms with Crippen LogP contribution in [0.2, 0.25) is 0 Å². The van der Waals surface area contributed by atoms with Crippen LogP contribution < -0.4 is 15.4 Å². The van der Waals surface area contributed by atoms with Gasteiger partial charge >= 0.3 is 6.03 Å². The lowest BCUT2D eigenvalue weighted by molar-refractivity contribution is 0.260. The van der Waals surface area contributed by atoms with Crippen LogP contribution in [0.1, 0.15) is 26.3 Å². The first-order valence-corrected chi connectivity index (χ1v) is 10.5. The number of hydrazone groups is 1. The van der Waals surface area contributed by atoms with Crippen molar-refractivity contribution >= 4 is 29.3 Å². The van der Waals surface area contributed by atoms with E-state index in [2.05, 4.69) is 15.7 Å². The number of anilines is 2. The van der Waals surface area contributed by atoms with E-state index in [0.29, 0.717) is 18.0 Å². The summed E-state index contributed by atoms with van der Waals surface area (Å²) in [7, 11) is 5.80. The van der Waals surface area contributed by atoms with Gasteiger partial charge in [-0.3, -0.25) is 5.01 Å². The van der Waals surface area contributed by atoms with Gasteiger partial charge < -0.3 is 25.4 Å². The van der Waals surface area contributed by atoms with E-state index >= 15 is 0 Å². The Morgan fingerprint density at radius 1 is 1.12 bits per heavy atom. The van der Waals surface area contributed by atoms with Crippen molar-refractivity contribution in [1.29, 1.82) is 0 Å². The van der Waals surface area contributed by atoms with Crippen molar-refractivity contribution in [2.75, 3.05) is 44.9 Å². The Balaban J connectivity index is 2.33. The van der Waals surface area contributed by atoms with Gasteiger partial charge in [0.25, 0.3) is 0 Å². The zero-order valence-electron chi connectivity index (χ0n) is 19.9. The van der Waals surface area contributed by atoms with E-state index in [9.17, 15) is 14.3 Å². The molecular formula is C24H32FN5O3. The smallest absolute Gasteiger partial charge is 0.323 e. The molecule has 0 aliphatic rings. The average Bonchev–Trinajstić information content (AvgIpc) is 2.72. The van der Waals surface area contributed by atoms with Gasteiger partial charge in [-0.1, -0.05) is 5.57 Å². The highest BCUT2D eigenvalue weighted by atomic mass is 19.1. The van der Waals surface area contributed by atoms with Gasteiger partial charge in [0.1, 0.15) is 12.4 Å². The molecule has 2 amide bonds. The van der Waals surface area contributed by atoms with E-state index in [1.54, 1.807) is 23.4 Å². The Morgan fingerprint density at radius 3 is 2.33 bits per heavy atom. The van der Waals surface area contributed by atoms with E-state index in [1.165, 1.54) is 6.07 Å². The summed E-state index contributed by atoms with van der Waals surface area (Å²) >= 11 is 0. The lowest BCUT2D eigenvalue weighted by Crippen LogP contribution is -2.21. The molecule has 0 radical (unpaired) electrons. The molecule has 0 heterocycles. The Labute approximate surface area is 194 Å². The third-order valence-electron chi connectivity index (χ3n) is 4.58. The summed E-state index contributed by atoms with van der Waals surface area (Å²) in [6.45, 7) is 7.05. The lowest BCUT2D eigenvalue weighted by Gasteiger charge is -2.23. The molecule has 0 spiro atoms. The molecule has 0 aliphatic heterocycles. The van der Waals surface area contributed by atoms with Crippen molar-refractivity contribution in [2.45, 2.75) is 20.8 Å². The van der Waals surface area contributed by atoms with Crippen molar-refractivity contribution in [3.05, 3.63) is 53.4 Å². The van der Waals surface area contributed by atoms with Crippen LogP contribution in [0.4, 0.5) is 20.6 Å². The van der Waals surface area contributed by atoms with Crippen molar-refractivity contribution in [1.82, 2.24) is 9.91 Å². The van der Waals surface area contributed by atoms with Gasteiger partial charge in [-0.2, -0.15) is 5.10 Å². The Morgan fingerprint density at radius 2 is 1.76 bits per heavy atom. The van der Waals surface area contributed by atoms with Gasteiger partial charge in [-0.25, -0.2) is 9.18 Å². The number of amides is 2. The molecule has 3 N–H and O–H groups in total. The first kappa shape index (κ1) is 25.7. The number of carbonyl (C=O) groups excluding carboxylic acids is 1. The number of ether oxygens (including phenoxy) is 1. The Bertz CT molecular complexity index is 1030. The van der Waals surface area contributed by atoms with Gasteiger partial charge in [-0.05, 0) is 65.2 Å². The zero-order chi connectivity index (χ0) is 24.5. The standard InChI is InChI=1S/C24H32FN5O3/c1-7-26-30(6)23(16(2)3)19-14-17(9-11-22(19)33-13-12-29(4)5)27-24(32)28-18-8-10-20(25)21(31)15-18/h7-11,14-15,31H,12-13H2,1-6H3,(H2,27,28,32)/b26-7-. The van der Waals surface area contributed by atoms with Crippen LogP contribution in [-0.2, 0) is 0 Å². The number of rotatable bonds is 9. The number of urea groups is 1. The maximum atomic E-state index is 13.2. The number of aromatic hydroxyl groups is 1. The highest BCUT2D eigenvalue weighted by Crippen LogP contribution is 2.33. The fourth-order valence-electron chi connectivity index (χ4n) is 3.14. The molecule has 0 saturated heterocycles. The first-order chi connectivity index (χ1) is 15.6. The Kier molecular flexibility index (Phi) is 9.23. The second-order valence-corrected chi connectivity index (χ2v) is 7.85. The Hall–Kier alpha value is -3.59. The van der Waals surface area contributed by atoms with Gasteiger partial charge in [0.15, 0.2) is 11.6 Å². The van der Waals surface area contributed by atoms with Gasteiger partial charge in [-0.15, -0.1) is 0 Å². The SMILES string of the molecule is C/C=N\N(C)C(=C(C)C)c1cc(NC(=O)Nc2ccc(F)c(O)c2)ccc1OCCN(C)C. The van der Waals surface area contributed by atoms with Gasteiger partial charge in [0, 0.05) is 42.8 Å². The normalized spacial score (nSPS) is 10.9. The van der Waals surface area contributed by atoms with Crippen LogP contribution in [0.25, 0.3) is 5.70 Å². The fourth-order valence-corrected chi connectivity index (χ4v) is 3.14. The number of benzene rings is 2. The summed E-state index contributed by atoms with van der Waals surface area (Å²) in [6, 6.07) is 8.40. The monoisotopic (exact) mass is 457 g/mol. The van der Waals surface area contributed by atoms with E-state index in [-0.39, 0.29) is 5.69 Å². The largest absolute Gasteiger partial charge is 0.505 e. The number of nitrogens with one attached hydrogen (secondary N) is 2. The molecule has 8 nitrogen and oxygen atoms in total. The zero-order valence-corrected chi connectivity index (χ0v) is 19.9. The minimum absolute atomic E-state index is 0.261. The lowest BCUT2D eigenvalue weighted by atomic mass is 10.1. The molecule has 0 unspecified atom stereocenters. The molecular weight excluding hydrogens is 425 g/mol. The van der Waals surface area contributed by atoms with Crippen molar-refractivity contribution in [2.24, 2.45) is 5.10 Å². The van der Waals surface area contributed by atoms with Crippen LogP contribution >= 0.6 is 0 Å². The van der Waals surface area contributed by atoms with Crippen LogP contribution in [-0.4, -0.2) is 61.6 Å². The quantitative estimate of drug-likeness (QED) is 0.372. The summed E-state index contributed by atoms with van der Waals surface area (Å²) in [5, 5.41) is 21.0. The maximum Gasteiger partial charge on any atom is 0.323 e. The number of likely N-dealkylation sites (N-methyl/N-ethyl adjacent to an activating group) is 1. The molecule has 0 aliphatic carbocycles. The molecule has 0 bridgehead atoms. The number of allylic oxidation sites excluding steroid dienone is 1. The van der Waals surface area contributed by atoms with Crippen molar-refractivity contribution < 1.29 is 19.0 Å². The van der Waals surface area contributed by atoms with Crippen LogP contribution in [0.5, 0.6) is 11.5 Å². The molecule has 0 aromatic heterocycles. The molecule has 178 valence electrons. The van der Waals surface area contributed by atoms with Gasteiger partial charge in [0.2, 0.25) is 0 Å². The number of hydrogen-bond acceptors (Lipinski definition) is 6. The van der Waals surface area contributed by atoms with Crippen molar-refractivity contribution in [3.8, 4) is 11.5 Å². The summed E-state index contributed by atoms with van der Waals surface area (Å²) in [4.78, 5) is 14.5.